The highest BCUT2D eigenvalue weighted by Crippen LogP contribution is 2.35. The van der Waals surface area contributed by atoms with Crippen LogP contribution in [0.4, 0.5) is 0 Å². The first kappa shape index (κ1) is 22.8. The number of carbonyl (C=O) groups excluding carboxylic acids is 1. The van der Waals surface area contributed by atoms with Gasteiger partial charge in [0.25, 0.3) is 5.56 Å². The van der Waals surface area contributed by atoms with Gasteiger partial charge in [0, 0.05) is 5.02 Å². The Hall–Kier alpha value is -3.36. The molecule has 0 saturated carbocycles. The number of rotatable bonds is 5. The van der Waals surface area contributed by atoms with Crippen LogP contribution in [0, 0.1) is 0 Å². The Morgan fingerprint density at radius 1 is 1.09 bits per heavy atom. The Kier molecular flexibility index (Phi) is 6.40. The normalized spacial score (nSPS) is 15.7. The third-order valence-electron chi connectivity index (χ3n) is 5.32. The van der Waals surface area contributed by atoms with E-state index in [0.717, 1.165) is 5.56 Å². The van der Waals surface area contributed by atoms with Crippen LogP contribution in [0.5, 0.6) is 11.5 Å². The van der Waals surface area contributed by atoms with Crippen molar-refractivity contribution in [1.82, 2.24) is 4.57 Å². The zero-order chi connectivity index (χ0) is 23.7. The second-order valence-electron chi connectivity index (χ2n) is 7.24. The molecule has 170 valence electrons. The molecule has 0 fully saturated rings. The predicted molar refractivity (Wildman–Crippen MR) is 127 cm³/mol. The summed E-state index contributed by atoms with van der Waals surface area (Å²) in [6.07, 6.45) is 1.78. The smallest absolute Gasteiger partial charge is 0.338 e. The number of fused-ring (bicyclic) bond motifs is 1. The largest absolute Gasteiger partial charge is 0.493 e. The minimum Gasteiger partial charge on any atom is -0.493 e. The first-order valence-electron chi connectivity index (χ1n) is 9.96. The van der Waals surface area contributed by atoms with Gasteiger partial charge in [-0.05, 0) is 48.4 Å². The molecule has 33 heavy (non-hydrogen) atoms. The van der Waals surface area contributed by atoms with Gasteiger partial charge in [-0.2, -0.15) is 0 Å². The third-order valence-corrected chi connectivity index (χ3v) is 6.55. The fourth-order valence-electron chi connectivity index (χ4n) is 3.74. The number of nitrogens with zero attached hydrogens (tertiary/aromatic N) is 2. The summed E-state index contributed by atoms with van der Waals surface area (Å²) in [7, 11) is 4.38. The van der Waals surface area contributed by atoms with Gasteiger partial charge in [0.2, 0.25) is 0 Å². The summed E-state index contributed by atoms with van der Waals surface area (Å²) in [4.78, 5) is 31.3. The Labute approximate surface area is 198 Å². The van der Waals surface area contributed by atoms with Crippen molar-refractivity contribution in [3.05, 3.63) is 89.6 Å². The van der Waals surface area contributed by atoms with E-state index in [-0.39, 0.29) is 11.1 Å². The molecule has 0 N–H and O–H groups in total. The highest BCUT2D eigenvalue weighted by Gasteiger charge is 2.33. The van der Waals surface area contributed by atoms with Crippen molar-refractivity contribution in [3.8, 4) is 11.5 Å². The molecule has 0 bridgehead atoms. The van der Waals surface area contributed by atoms with E-state index in [4.69, 9.17) is 25.8 Å². The molecule has 0 spiro atoms. The molecule has 2 aromatic carbocycles. The molecule has 1 aliphatic rings. The Bertz CT molecular complexity index is 1440. The number of methoxy groups -OCH3 is 3. The van der Waals surface area contributed by atoms with Crippen LogP contribution < -0.4 is 24.4 Å². The lowest BCUT2D eigenvalue weighted by Crippen LogP contribution is -2.39. The monoisotopic (exact) mass is 484 g/mol. The summed E-state index contributed by atoms with van der Waals surface area (Å²) >= 11 is 7.23. The molecule has 1 atom stereocenters. The maximum Gasteiger partial charge on any atom is 0.338 e. The molecular formula is C24H21ClN2O5S. The van der Waals surface area contributed by atoms with Crippen LogP contribution in [0.25, 0.3) is 6.08 Å². The van der Waals surface area contributed by atoms with E-state index < -0.39 is 12.0 Å². The van der Waals surface area contributed by atoms with E-state index in [9.17, 15) is 9.59 Å². The van der Waals surface area contributed by atoms with Gasteiger partial charge in [0.15, 0.2) is 16.3 Å². The maximum absolute atomic E-state index is 13.5. The lowest BCUT2D eigenvalue weighted by Gasteiger charge is -2.25. The van der Waals surface area contributed by atoms with Gasteiger partial charge in [-0.3, -0.25) is 9.36 Å². The molecule has 4 rings (SSSR count). The van der Waals surface area contributed by atoms with Gasteiger partial charge in [-0.15, -0.1) is 0 Å². The Morgan fingerprint density at radius 2 is 1.79 bits per heavy atom. The van der Waals surface area contributed by atoms with E-state index in [1.807, 2.05) is 12.1 Å². The van der Waals surface area contributed by atoms with Crippen LogP contribution in [-0.4, -0.2) is 31.9 Å². The number of halogens is 1. The van der Waals surface area contributed by atoms with Crippen LogP contribution in [0.1, 0.15) is 24.1 Å². The van der Waals surface area contributed by atoms with Gasteiger partial charge >= 0.3 is 5.97 Å². The molecule has 0 radical (unpaired) electrons. The minimum atomic E-state index is -0.735. The lowest BCUT2D eigenvalue weighted by atomic mass is 9.95. The van der Waals surface area contributed by atoms with Crippen LogP contribution in [0.3, 0.4) is 0 Å². The third kappa shape index (κ3) is 4.19. The first-order chi connectivity index (χ1) is 15.9. The summed E-state index contributed by atoms with van der Waals surface area (Å²) in [5.41, 5.74) is 2.01. The molecule has 1 unspecified atom stereocenters. The van der Waals surface area contributed by atoms with Gasteiger partial charge < -0.3 is 14.2 Å². The van der Waals surface area contributed by atoms with E-state index in [1.54, 1.807) is 50.4 Å². The molecule has 7 nitrogen and oxygen atoms in total. The lowest BCUT2D eigenvalue weighted by molar-refractivity contribution is -0.136. The van der Waals surface area contributed by atoms with Crippen molar-refractivity contribution in [2.24, 2.45) is 4.99 Å². The average molecular weight is 485 g/mol. The predicted octanol–water partition coefficient (Wildman–Crippen LogP) is 3.08. The number of aromatic nitrogens is 1. The quantitative estimate of drug-likeness (QED) is 0.520. The summed E-state index contributed by atoms with van der Waals surface area (Å²) in [5.74, 6) is 0.469. The number of esters is 1. The van der Waals surface area contributed by atoms with Gasteiger partial charge in [0.05, 0.1) is 43.2 Å². The molecule has 0 aliphatic carbocycles. The van der Waals surface area contributed by atoms with E-state index in [0.29, 0.717) is 37.1 Å². The van der Waals surface area contributed by atoms with Crippen molar-refractivity contribution < 1.29 is 19.0 Å². The SMILES string of the molecule is COC(=O)C1=C(C)N=c2s/c(=C\c3ccc(Cl)cc3)c(=O)n2C1c1ccc(OC)c(OC)c1. The summed E-state index contributed by atoms with van der Waals surface area (Å²) in [6.45, 7) is 1.73. The van der Waals surface area contributed by atoms with Crippen molar-refractivity contribution >= 4 is 35.0 Å². The van der Waals surface area contributed by atoms with E-state index in [2.05, 4.69) is 4.99 Å². The van der Waals surface area contributed by atoms with Crippen LogP contribution in [0.15, 0.2) is 63.5 Å². The van der Waals surface area contributed by atoms with Crippen LogP contribution in [0.2, 0.25) is 5.02 Å². The molecule has 0 amide bonds. The topological polar surface area (TPSA) is 79.1 Å². The van der Waals surface area contributed by atoms with Crippen LogP contribution >= 0.6 is 22.9 Å². The molecule has 2 heterocycles. The van der Waals surface area contributed by atoms with Gasteiger partial charge in [-0.1, -0.05) is 41.1 Å². The number of carbonyl (C=O) groups is 1. The second kappa shape index (κ2) is 9.25. The molecule has 1 aliphatic heterocycles. The molecule has 9 heteroatoms. The first-order valence-corrected chi connectivity index (χ1v) is 11.2. The fraction of sp³-hybridized carbons (Fsp3) is 0.208. The van der Waals surface area contributed by atoms with E-state index in [1.165, 1.54) is 30.1 Å². The molecule has 1 aromatic heterocycles. The zero-order valence-electron chi connectivity index (χ0n) is 18.4. The summed E-state index contributed by atoms with van der Waals surface area (Å²) < 4.78 is 17.8. The Morgan fingerprint density at radius 3 is 2.42 bits per heavy atom. The molecule has 0 saturated heterocycles. The zero-order valence-corrected chi connectivity index (χ0v) is 20.0. The Balaban J connectivity index is 1.97. The minimum absolute atomic E-state index is 0.262. The average Bonchev–Trinajstić information content (AvgIpc) is 3.13. The van der Waals surface area contributed by atoms with Crippen LogP contribution in [-0.2, 0) is 9.53 Å². The second-order valence-corrected chi connectivity index (χ2v) is 8.68. The molecular weight excluding hydrogens is 464 g/mol. The van der Waals surface area contributed by atoms with Crippen molar-refractivity contribution in [3.63, 3.8) is 0 Å². The maximum atomic E-state index is 13.5. The number of ether oxygens (including phenoxy) is 3. The number of hydrogen-bond donors (Lipinski definition) is 0. The standard InChI is InChI=1S/C24H21ClN2O5S/c1-13-20(23(29)32-4)21(15-7-10-17(30-2)18(12-15)31-3)27-22(28)19(33-24(27)26-13)11-14-5-8-16(25)9-6-14/h5-12,21H,1-4H3/b19-11-. The fourth-order valence-corrected chi connectivity index (χ4v) is 4.91. The van der Waals surface area contributed by atoms with Crippen molar-refractivity contribution in [1.29, 1.82) is 0 Å². The summed E-state index contributed by atoms with van der Waals surface area (Å²) in [5, 5.41) is 0.611. The van der Waals surface area contributed by atoms with Gasteiger partial charge in [0.1, 0.15) is 0 Å². The number of hydrogen-bond acceptors (Lipinski definition) is 7. The number of allylic oxidation sites excluding steroid dienone is 1. The highest BCUT2D eigenvalue weighted by molar-refractivity contribution is 7.07. The van der Waals surface area contributed by atoms with Crippen molar-refractivity contribution in [2.75, 3.05) is 21.3 Å². The number of benzene rings is 2. The summed E-state index contributed by atoms with van der Waals surface area (Å²) in [6, 6.07) is 11.7. The van der Waals surface area contributed by atoms with Crippen molar-refractivity contribution in [2.45, 2.75) is 13.0 Å². The van der Waals surface area contributed by atoms with Gasteiger partial charge in [-0.25, -0.2) is 9.79 Å². The number of thiazole rings is 1. The highest BCUT2D eigenvalue weighted by atomic mass is 35.5. The van der Waals surface area contributed by atoms with E-state index >= 15 is 0 Å². The molecule has 3 aromatic rings.